The number of ether oxygens (including phenoxy) is 3. The van der Waals surface area contributed by atoms with E-state index in [-0.39, 0.29) is 49.1 Å². The Morgan fingerprint density at radius 3 is 2.43 bits per heavy atom. The molecule has 0 N–H and O–H groups in total. The summed E-state index contributed by atoms with van der Waals surface area (Å²) in [5.74, 6) is -4.95. The molecule has 1 saturated heterocycles. The number of halogens is 2. The molecular formula is C29H48F2O6. The molecule has 1 aliphatic heterocycles. The predicted octanol–water partition coefficient (Wildman–Crippen LogP) is 6.96. The van der Waals surface area contributed by atoms with Crippen LogP contribution >= 0.6 is 0 Å². The van der Waals surface area contributed by atoms with Gasteiger partial charge in [-0.2, -0.15) is 8.78 Å². The third-order valence-corrected chi connectivity index (χ3v) is 7.64. The Balaban J connectivity index is 1.86. The number of hydrogen-bond donors (Lipinski definition) is 0. The van der Waals surface area contributed by atoms with Crippen molar-refractivity contribution in [2.45, 2.75) is 141 Å². The average molecular weight is 531 g/mol. The zero-order valence-electron chi connectivity index (χ0n) is 22.9. The van der Waals surface area contributed by atoms with E-state index < -0.39 is 24.2 Å². The smallest absolute Gasteiger partial charge is 0.305 e. The lowest BCUT2D eigenvalue weighted by Gasteiger charge is -2.30. The number of unbranched alkanes of at least 4 members (excludes halogenated alkanes) is 5. The molecule has 0 aromatic rings. The molecule has 0 radical (unpaired) electrons. The van der Waals surface area contributed by atoms with E-state index in [1.807, 2.05) is 13.8 Å². The summed E-state index contributed by atoms with van der Waals surface area (Å²) in [6, 6.07) is 0. The second-order valence-electron chi connectivity index (χ2n) is 10.7. The van der Waals surface area contributed by atoms with Crippen LogP contribution in [0.5, 0.6) is 0 Å². The van der Waals surface area contributed by atoms with Gasteiger partial charge >= 0.3 is 11.9 Å². The second-order valence-corrected chi connectivity index (χ2v) is 10.7. The molecule has 4 atom stereocenters. The van der Waals surface area contributed by atoms with Crippen molar-refractivity contribution < 1.29 is 37.4 Å². The zero-order valence-corrected chi connectivity index (χ0v) is 22.9. The predicted molar refractivity (Wildman–Crippen MR) is 137 cm³/mol. The molecule has 0 bridgehead atoms. The molecule has 0 aromatic heterocycles. The maximum atomic E-state index is 14.3. The van der Waals surface area contributed by atoms with Crippen LogP contribution in [0.3, 0.4) is 0 Å². The SMILES string of the molecule is CCCCOC(=O)CCCCCC[C@H]1C(=O)C[C@@H](OC2CCCCO2)[C@@H]1CCC(=O)C(F)(F)CCCC. The molecule has 0 spiro atoms. The monoisotopic (exact) mass is 530 g/mol. The third-order valence-electron chi connectivity index (χ3n) is 7.64. The molecule has 2 aliphatic rings. The number of alkyl halides is 2. The van der Waals surface area contributed by atoms with Crippen LogP contribution in [0.1, 0.15) is 123 Å². The van der Waals surface area contributed by atoms with E-state index in [9.17, 15) is 23.2 Å². The molecule has 6 nitrogen and oxygen atoms in total. The molecule has 1 unspecified atom stereocenters. The highest BCUT2D eigenvalue weighted by molar-refractivity contribution is 5.86. The summed E-state index contributed by atoms with van der Waals surface area (Å²) in [7, 11) is 0. The van der Waals surface area contributed by atoms with Gasteiger partial charge in [-0.25, -0.2) is 0 Å². The second kappa shape index (κ2) is 17.2. The van der Waals surface area contributed by atoms with E-state index in [1.165, 1.54) is 0 Å². The maximum absolute atomic E-state index is 14.3. The molecule has 37 heavy (non-hydrogen) atoms. The summed E-state index contributed by atoms with van der Waals surface area (Å²) in [4.78, 5) is 37.0. The highest BCUT2D eigenvalue weighted by Crippen LogP contribution is 2.40. The molecule has 214 valence electrons. The summed E-state index contributed by atoms with van der Waals surface area (Å²) in [5, 5.41) is 0. The summed E-state index contributed by atoms with van der Waals surface area (Å²) in [6.07, 6.45) is 8.94. The molecule has 2 rings (SSSR count). The van der Waals surface area contributed by atoms with E-state index in [0.29, 0.717) is 38.9 Å². The highest BCUT2D eigenvalue weighted by atomic mass is 19.3. The number of carbonyl (C=O) groups is 3. The molecule has 8 heteroatoms. The van der Waals surface area contributed by atoms with E-state index in [4.69, 9.17) is 14.2 Å². The van der Waals surface area contributed by atoms with Gasteiger partial charge in [0.25, 0.3) is 0 Å². The Bertz CT molecular complexity index is 692. The van der Waals surface area contributed by atoms with Crippen molar-refractivity contribution in [2.75, 3.05) is 13.2 Å². The van der Waals surface area contributed by atoms with Crippen LogP contribution in [-0.4, -0.2) is 49.1 Å². The van der Waals surface area contributed by atoms with Gasteiger partial charge in [-0.1, -0.05) is 46.0 Å². The zero-order chi connectivity index (χ0) is 27.1. The molecule has 2 fully saturated rings. The van der Waals surface area contributed by atoms with Crippen molar-refractivity contribution in [3.8, 4) is 0 Å². The van der Waals surface area contributed by atoms with Crippen LogP contribution < -0.4 is 0 Å². The van der Waals surface area contributed by atoms with Crippen LogP contribution in [-0.2, 0) is 28.6 Å². The lowest BCUT2D eigenvalue weighted by molar-refractivity contribution is -0.196. The van der Waals surface area contributed by atoms with E-state index >= 15 is 0 Å². The lowest BCUT2D eigenvalue weighted by atomic mass is 9.84. The largest absolute Gasteiger partial charge is 0.466 e. The first kappa shape index (κ1) is 31.8. The Morgan fingerprint density at radius 2 is 1.73 bits per heavy atom. The van der Waals surface area contributed by atoms with Gasteiger partial charge in [0.05, 0.1) is 12.7 Å². The minimum atomic E-state index is -3.31. The summed E-state index contributed by atoms with van der Waals surface area (Å²) < 4.78 is 45.6. The van der Waals surface area contributed by atoms with E-state index in [1.54, 1.807) is 0 Å². The Kier molecular flexibility index (Phi) is 14.8. The van der Waals surface area contributed by atoms with Crippen molar-refractivity contribution >= 4 is 17.5 Å². The standard InChI is InChI=1S/C29H48F2O6/c1-3-5-18-29(30,31)26(33)17-16-23-22(13-9-7-8-10-14-27(34)35-19-6-4-2)24(32)21-25(23)37-28-15-11-12-20-36-28/h22-23,25,28H,3-21H2,1-2H3/t22-,23-,25-,28?/m1/s1. The number of Topliss-reactive ketones (excluding diaryl/α,β-unsaturated/α-hetero) is 2. The van der Waals surface area contributed by atoms with E-state index in [0.717, 1.165) is 57.8 Å². The maximum Gasteiger partial charge on any atom is 0.305 e. The van der Waals surface area contributed by atoms with Gasteiger partial charge in [0.2, 0.25) is 5.78 Å². The molecule has 0 amide bonds. The van der Waals surface area contributed by atoms with Crippen molar-refractivity contribution in [2.24, 2.45) is 11.8 Å². The minimum absolute atomic E-state index is 0.0931. The summed E-state index contributed by atoms with van der Waals surface area (Å²) in [5.41, 5.74) is 0. The number of hydrogen-bond acceptors (Lipinski definition) is 6. The van der Waals surface area contributed by atoms with Crippen molar-refractivity contribution in [3.63, 3.8) is 0 Å². The van der Waals surface area contributed by atoms with Crippen molar-refractivity contribution in [1.29, 1.82) is 0 Å². The van der Waals surface area contributed by atoms with Gasteiger partial charge in [-0.3, -0.25) is 14.4 Å². The molecule has 1 aliphatic carbocycles. The topological polar surface area (TPSA) is 78.9 Å². The van der Waals surface area contributed by atoms with Gasteiger partial charge in [0.15, 0.2) is 6.29 Å². The summed E-state index contributed by atoms with van der Waals surface area (Å²) in [6.45, 7) is 4.96. The Morgan fingerprint density at radius 1 is 0.973 bits per heavy atom. The third kappa shape index (κ3) is 11.5. The molecule has 1 saturated carbocycles. The fourth-order valence-corrected chi connectivity index (χ4v) is 5.33. The fourth-order valence-electron chi connectivity index (χ4n) is 5.33. The van der Waals surface area contributed by atoms with Crippen LogP contribution in [0, 0.1) is 11.8 Å². The Hall–Kier alpha value is -1.41. The molecule has 0 aromatic carbocycles. The van der Waals surface area contributed by atoms with Crippen molar-refractivity contribution in [1.82, 2.24) is 0 Å². The number of carbonyl (C=O) groups excluding carboxylic acids is 3. The highest BCUT2D eigenvalue weighted by Gasteiger charge is 2.45. The normalized spacial score (nSPS) is 24.4. The molecular weight excluding hydrogens is 482 g/mol. The van der Waals surface area contributed by atoms with Gasteiger partial charge in [-0.05, 0) is 57.3 Å². The lowest BCUT2D eigenvalue weighted by Crippen LogP contribution is -2.33. The van der Waals surface area contributed by atoms with Crippen LogP contribution in [0.25, 0.3) is 0 Å². The van der Waals surface area contributed by atoms with Gasteiger partial charge < -0.3 is 14.2 Å². The van der Waals surface area contributed by atoms with Gasteiger partial charge in [0.1, 0.15) is 5.78 Å². The van der Waals surface area contributed by atoms with Crippen LogP contribution in [0.2, 0.25) is 0 Å². The molecule has 1 heterocycles. The fraction of sp³-hybridized carbons (Fsp3) is 0.897. The van der Waals surface area contributed by atoms with Crippen LogP contribution in [0.15, 0.2) is 0 Å². The Labute approximate surface area is 221 Å². The quantitative estimate of drug-likeness (QED) is 0.133. The van der Waals surface area contributed by atoms with Gasteiger partial charge in [0, 0.05) is 38.2 Å². The number of ketones is 2. The number of rotatable bonds is 19. The number of esters is 1. The van der Waals surface area contributed by atoms with E-state index in [2.05, 4.69) is 0 Å². The summed E-state index contributed by atoms with van der Waals surface area (Å²) >= 11 is 0. The van der Waals surface area contributed by atoms with Crippen molar-refractivity contribution in [3.05, 3.63) is 0 Å². The van der Waals surface area contributed by atoms with Crippen LogP contribution in [0.4, 0.5) is 8.78 Å². The van der Waals surface area contributed by atoms with Gasteiger partial charge in [-0.15, -0.1) is 0 Å². The first-order valence-corrected chi connectivity index (χ1v) is 14.6. The minimum Gasteiger partial charge on any atom is -0.466 e. The first-order valence-electron chi connectivity index (χ1n) is 14.6. The first-order chi connectivity index (χ1) is 17.8. The average Bonchev–Trinajstić information content (AvgIpc) is 3.17.